The largest absolute Gasteiger partial charge is 0.324 e. The summed E-state index contributed by atoms with van der Waals surface area (Å²) in [7, 11) is 0. The van der Waals surface area contributed by atoms with Crippen LogP contribution in [-0.2, 0) is 6.54 Å². The van der Waals surface area contributed by atoms with Crippen molar-refractivity contribution in [1.82, 2.24) is 10.3 Å². The molecular weight excluding hydrogens is 182 g/mol. The first-order valence-corrected chi connectivity index (χ1v) is 5.40. The third-order valence-electron chi connectivity index (χ3n) is 2.10. The second kappa shape index (κ2) is 4.69. The number of rotatable bonds is 5. The minimum absolute atomic E-state index is 0.0999. The van der Waals surface area contributed by atoms with E-state index in [-0.39, 0.29) is 5.54 Å². The zero-order valence-corrected chi connectivity index (χ0v) is 9.03. The van der Waals surface area contributed by atoms with E-state index in [1.165, 1.54) is 0 Å². The van der Waals surface area contributed by atoms with E-state index in [1.807, 2.05) is 11.6 Å². The molecule has 74 valence electrons. The highest BCUT2D eigenvalue weighted by Crippen LogP contribution is 2.05. The number of thiazole rings is 1. The predicted molar refractivity (Wildman–Crippen MR) is 56.7 cm³/mol. The quantitative estimate of drug-likeness (QED) is 0.753. The average Bonchev–Trinajstić information content (AvgIpc) is 2.57. The molecule has 0 spiro atoms. The van der Waals surface area contributed by atoms with Gasteiger partial charge in [-0.2, -0.15) is 0 Å². The number of aromatic nitrogens is 1. The van der Waals surface area contributed by atoms with Crippen molar-refractivity contribution in [1.29, 1.82) is 0 Å². The first-order valence-electron chi connectivity index (χ1n) is 4.52. The van der Waals surface area contributed by atoms with Gasteiger partial charge in [0.05, 0.1) is 0 Å². The molecule has 4 heteroatoms. The van der Waals surface area contributed by atoms with Gasteiger partial charge in [0.25, 0.3) is 0 Å². The molecule has 0 aliphatic heterocycles. The monoisotopic (exact) mass is 199 g/mol. The molecule has 1 rings (SSSR count). The van der Waals surface area contributed by atoms with Crippen molar-refractivity contribution in [3.05, 3.63) is 16.6 Å². The zero-order valence-electron chi connectivity index (χ0n) is 8.21. The molecule has 0 aliphatic carbocycles. The third-order valence-corrected chi connectivity index (χ3v) is 2.88. The highest BCUT2D eigenvalue weighted by atomic mass is 32.1. The molecule has 1 atom stereocenters. The molecule has 1 aromatic heterocycles. The maximum atomic E-state index is 5.98. The summed E-state index contributed by atoms with van der Waals surface area (Å²) < 4.78 is 0. The van der Waals surface area contributed by atoms with Crippen molar-refractivity contribution in [3.63, 3.8) is 0 Å². The van der Waals surface area contributed by atoms with Crippen LogP contribution in [0.4, 0.5) is 0 Å². The Hall–Kier alpha value is -0.450. The highest BCUT2D eigenvalue weighted by molar-refractivity contribution is 7.09. The SMILES string of the molecule is CCC(C)(N)CNCc1nccs1. The van der Waals surface area contributed by atoms with E-state index in [1.54, 1.807) is 11.3 Å². The Bertz CT molecular complexity index is 231. The Morgan fingerprint density at radius 2 is 2.46 bits per heavy atom. The number of nitrogens with zero attached hydrogens (tertiary/aromatic N) is 1. The highest BCUT2D eigenvalue weighted by Gasteiger charge is 2.14. The van der Waals surface area contributed by atoms with Crippen molar-refractivity contribution in [2.24, 2.45) is 5.73 Å². The minimum atomic E-state index is -0.0999. The fraction of sp³-hybridized carbons (Fsp3) is 0.667. The molecule has 3 N–H and O–H groups in total. The van der Waals surface area contributed by atoms with Crippen molar-refractivity contribution in [2.75, 3.05) is 6.54 Å². The van der Waals surface area contributed by atoms with Crippen LogP contribution in [-0.4, -0.2) is 17.1 Å². The van der Waals surface area contributed by atoms with Crippen LogP contribution < -0.4 is 11.1 Å². The van der Waals surface area contributed by atoms with Gasteiger partial charge in [0.2, 0.25) is 0 Å². The Labute approximate surface area is 83.4 Å². The van der Waals surface area contributed by atoms with Gasteiger partial charge in [-0.1, -0.05) is 6.92 Å². The topological polar surface area (TPSA) is 50.9 Å². The van der Waals surface area contributed by atoms with Crippen LogP contribution in [0.2, 0.25) is 0 Å². The van der Waals surface area contributed by atoms with Gasteiger partial charge >= 0.3 is 0 Å². The second-order valence-electron chi connectivity index (χ2n) is 3.54. The lowest BCUT2D eigenvalue weighted by Gasteiger charge is -2.22. The summed E-state index contributed by atoms with van der Waals surface area (Å²) in [5, 5.41) is 6.40. The molecule has 0 aromatic carbocycles. The predicted octanol–water partition coefficient (Wildman–Crippen LogP) is 1.36. The summed E-state index contributed by atoms with van der Waals surface area (Å²) in [5.74, 6) is 0. The maximum Gasteiger partial charge on any atom is 0.106 e. The van der Waals surface area contributed by atoms with Gasteiger partial charge in [0.15, 0.2) is 0 Å². The lowest BCUT2D eigenvalue weighted by molar-refractivity contribution is 0.416. The van der Waals surface area contributed by atoms with Gasteiger partial charge in [0, 0.05) is 30.2 Å². The van der Waals surface area contributed by atoms with Crippen LogP contribution in [0, 0.1) is 0 Å². The lowest BCUT2D eigenvalue weighted by Crippen LogP contribution is -2.45. The Morgan fingerprint density at radius 1 is 1.69 bits per heavy atom. The molecule has 1 heterocycles. The van der Waals surface area contributed by atoms with Crippen molar-refractivity contribution in [3.8, 4) is 0 Å². The van der Waals surface area contributed by atoms with Gasteiger partial charge < -0.3 is 11.1 Å². The fourth-order valence-corrected chi connectivity index (χ4v) is 1.51. The average molecular weight is 199 g/mol. The van der Waals surface area contributed by atoms with Gasteiger partial charge in [-0.15, -0.1) is 11.3 Å². The van der Waals surface area contributed by atoms with Crippen molar-refractivity contribution in [2.45, 2.75) is 32.4 Å². The van der Waals surface area contributed by atoms with Gasteiger partial charge in [0.1, 0.15) is 5.01 Å². The zero-order chi connectivity index (χ0) is 9.73. The smallest absolute Gasteiger partial charge is 0.106 e. The molecule has 0 amide bonds. The van der Waals surface area contributed by atoms with Crippen LogP contribution >= 0.6 is 11.3 Å². The molecular formula is C9H17N3S. The Kier molecular flexibility index (Phi) is 3.84. The fourth-order valence-electron chi connectivity index (χ4n) is 0.920. The van der Waals surface area contributed by atoms with Crippen LogP contribution in [0.1, 0.15) is 25.3 Å². The van der Waals surface area contributed by atoms with E-state index in [2.05, 4.69) is 24.1 Å². The lowest BCUT2D eigenvalue weighted by atomic mass is 10.0. The summed E-state index contributed by atoms with van der Waals surface area (Å²) in [6.07, 6.45) is 2.81. The van der Waals surface area contributed by atoms with E-state index in [0.717, 1.165) is 24.5 Å². The van der Waals surface area contributed by atoms with E-state index >= 15 is 0 Å². The number of hydrogen-bond donors (Lipinski definition) is 2. The summed E-state index contributed by atoms with van der Waals surface area (Å²) in [5.41, 5.74) is 5.88. The van der Waals surface area contributed by atoms with Crippen LogP contribution in [0.3, 0.4) is 0 Å². The molecule has 3 nitrogen and oxygen atoms in total. The van der Waals surface area contributed by atoms with Gasteiger partial charge in [-0.3, -0.25) is 0 Å². The van der Waals surface area contributed by atoms with E-state index in [4.69, 9.17) is 5.73 Å². The van der Waals surface area contributed by atoms with Gasteiger partial charge in [-0.25, -0.2) is 4.98 Å². The number of hydrogen-bond acceptors (Lipinski definition) is 4. The first kappa shape index (κ1) is 10.6. The van der Waals surface area contributed by atoms with Gasteiger partial charge in [-0.05, 0) is 13.3 Å². The molecule has 0 radical (unpaired) electrons. The number of nitrogens with one attached hydrogen (secondary N) is 1. The van der Waals surface area contributed by atoms with Crippen molar-refractivity contribution < 1.29 is 0 Å². The van der Waals surface area contributed by atoms with Crippen LogP contribution in [0.25, 0.3) is 0 Å². The van der Waals surface area contributed by atoms with E-state index in [9.17, 15) is 0 Å². The van der Waals surface area contributed by atoms with Crippen LogP contribution in [0.15, 0.2) is 11.6 Å². The number of nitrogens with two attached hydrogens (primary N) is 1. The second-order valence-corrected chi connectivity index (χ2v) is 4.52. The summed E-state index contributed by atoms with van der Waals surface area (Å²) >= 11 is 1.67. The Morgan fingerprint density at radius 3 is 3.00 bits per heavy atom. The molecule has 0 saturated heterocycles. The molecule has 13 heavy (non-hydrogen) atoms. The summed E-state index contributed by atoms with van der Waals surface area (Å²) in [6, 6.07) is 0. The molecule has 0 bridgehead atoms. The molecule has 0 saturated carbocycles. The summed E-state index contributed by atoms with van der Waals surface area (Å²) in [4.78, 5) is 4.18. The van der Waals surface area contributed by atoms with Crippen molar-refractivity contribution >= 4 is 11.3 Å². The molecule has 1 unspecified atom stereocenters. The molecule has 0 fully saturated rings. The maximum absolute atomic E-state index is 5.98. The molecule has 1 aromatic rings. The van der Waals surface area contributed by atoms with E-state index < -0.39 is 0 Å². The third kappa shape index (κ3) is 3.85. The molecule has 0 aliphatic rings. The standard InChI is InChI=1S/C9H17N3S/c1-3-9(2,10)7-11-6-8-12-4-5-13-8/h4-5,11H,3,6-7,10H2,1-2H3. The minimum Gasteiger partial charge on any atom is -0.324 e. The normalized spacial score (nSPS) is 15.6. The first-order chi connectivity index (χ1) is 6.14. The Balaban J connectivity index is 2.21. The van der Waals surface area contributed by atoms with E-state index in [0.29, 0.717) is 0 Å². The summed E-state index contributed by atoms with van der Waals surface area (Å²) in [6.45, 7) is 5.82. The van der Waals surface area contributed by atoms with Crippen LogP contribution in [0.5, 0.6) is 0 Å².